The highest BCUT2D eigenvalue weighted by atomic mass is 32.2. The minimum atomic E-state index is -3.84. The predicted octanol–water partition coefficient (Wildman–Crippen LogP) is 5.90. The Morgan fingerprint density at radius 2 is 1.93 bits per heavy atom. The lowest BCUT2D eigenvalue weighted by Gasteiger charge is -2.22. The summed E-state index contributed by atoms with van der Waals surface area (Å²) in [6.07, 6.45) is 2.86. The van der Waals surface area contributed by atoms with Crippen molar-refractivity contribution in [3.05, 3.63) is 94.9 Å². The minimum absolute atomic E-state index is 0.0144. The van der Waals surface area contributed by atoms with E-state index in [0.717, 1.165) is 11.8 Å². The highest BCUT2D eigenvalue weighted by molar-refractivity contribution is 7.91. The first-order valence-corrected chi connectivity index (χ1v) is 15.0. The minimum Gasteiger partial charge on any atom is -0.481 e. The van der Waals surface area contributed by atoms with Crippen molar-refractivity contribution in [1.82, 2.24) is 9.97 Å². The van der Waals surface area contributed by atoms with Crippen molar-refractivity contribution in [2.45, 2.75) is 30.3 Å². The van der Waals surface area contributed by atoms with Crippen molar-refractivity contribution in [2.75, 3.05) is 6.26 Å². The molecule has 5 aromatic rings. The number of hydrogen-bond donors (Lipinski definition) is 3. The molecule has 0 amide bonds. The summed E-state index contributed by atoms with van der Waals surface area (Å²) in [5.41, 5.74) is 1.30. The summed E-state index contributed by atoms with van der Waals surface area (Å²) in [6, 6.07) is 16.5. The first-order valence-electron chi connectivity index (χ1n) is 12.2. The molecule has 8 nitrogen and oxygen atoms in total. The summed E-state index contributed by atoms with van der Waals surface area (Å²) >= 11 is 1.29. The van der Waals surface area contributed by atoms with E-state index in [9.17, 15) is 18.3 Å². The van der Waals surface area contributed by atoms with Gasteiger partial charge in [0.1, 0.15) is 21.3 Å². The molecule has 0 radical (unpaired) electrons. The Kier molecular flexibility index (Phi) is 7.21. The second-order valence-corrected chi connectivity index (χ2v) is 12.4. The maximum Gasteiger partial charge on any atom is 0.303 e. The third-order valence-corrected chi connectivity index (χ3v) is 8.55. The number of H-pyrrole nitrogens is 1. The number of carboxylic acids is 1. The number of aromatic nitrogens is 2. The number of benzene rings is 3. The molecule has 0 aliphatic carbocycles. The Bertz CT molecular complexity index is 1840. The SMILES string of the molecule is CC(O)(c1cccc(CCC(=O)O)c1)c1csc(-c2cccc(Oc3c(F)cc4[nH]ccc4c3S(C)(=O)=O)c2)n1. The third-order valence-electron chi connectivity index (χ3n) is 6.51. The normalized spacial score (nSPS) is 13.3. The summed E-state index contributed by atoms with van der Waals surface area (Å²) < 4.78 is 46.0. The van der Waals surface area contributed by atoms with Gasteiger partial charge in [-0.05, 0) is 42.7 Å². The Hall–Kier alpha value is -4.06. The average Bonchev–Trinajstić information content (AvgIpc) is 3.58. The maximum absolute atomic E-state index is 15.0. The van der Waals surface area contributed by atoms with Gasteiger partial charge in [-0.25, -0.2) is 17.8 Å². The van der Waals surface area contributed by atoms with Crippen LogP contribution in [-0.2, 0) is 26.7 Å². The molecule has 0 saturated carbocycles. The van der Waals surface area contributed by atoms with Gasteiger partial charge in [0.2, 0.25) is 0 Å². The van der Waals surface area contributed by atoms with Crippen LogP contribution in [0.1, 0.15) is 30.2 Å². The summed E-state index contributed by atoms with van der Waals surface area (Å²) in [7, 11) is -3.84. The van der Waals surface area contributed by atoms with Crippen LogP contribution in [0.15, 0.2) is 77.1 Å². The quantitative estimate of drug-likeness (QED) is 0.198. The largest absolute Gasteiger partial charge is 0.481 e. The molecular weight excluding hydrogens is 555 g/mol. The molecule has 1 unspecified atom stereocenters. The Morgan fingerprint density at radius 3 is 2.67 bits per heavy atom. The van der Waals surface area contributed by atoms with Crippen LogP contribution < -0.4 is 4.74 Å². The van der Waals surface area contributed by atoms with Gasteiger partial charge in [-0.1, -0.05) is 36.4 Å². The van der Waals surface area contributed by atoms with E-state index >= 15 is 4.39 Å². The molecule has 2 aromatic heterocycles. The van der Waals surface area contributed by atoms with Gasteiger partial charge in [0.05, 0.1) is 5.69 Å². The van der Waals surface area contributed by atoms with E-state index in [1.165, 1.54) is 23.6 Å². The maximum atomic E-state index is 15.0. The lowest BCUT2D eigenvalue weighted by molar-refractivity contribution is -0.136. The number of aryl methyl sites for hydroxylation is 1. The molecule has 0 aliphatic rings. The second-order valence-electron chi connectivity index (χ2n) is 9.56. The number of aromatic amines is 1. The van der Waals surface area contributed by atoms with Crippen molar-refractivity contribution < 1.29 is 32.6 Å². The molecule has 3 aromatic carbocycles. The van der Waals surface area contributed by atoms with Crippen LogP contribution >= 0.6 is 11.3 Å². The van der Waals surface area contributed by atoms with E-state index in [1.807, 2.05) is 6.07 Å². The predicted molar refractivity (Wildman–Crippen MR) is 150 cm³/mol. The van der Waals surface area contributed by atoms with Gasteiger partial charge in [-0.15, -0.1) is 11.3 Å². The van der Waals surface area contributed by atoms with Crippen LogP contribution in [0.4, 0.5) is 4.39 Å². The van der Waals surface area contributed by atoms with E-state index in [0.29, 0.717) is 39.2 Å². The van der Waals surface area contributed by atoms with Crippen molar-refractivity contribution in [1.29, 1.82) is 0 Å². The van der Waals surface area contributed by atoms with Gasteiger partial charge in [0.25, 0.3) is 0 Å². The second kappa shape index (κ2) is 10.5. The standard InChI is InChI=1S/C29H25FN2O6S2/c1-29(35,19-7-3-5-17(13-19)9-10-25(33)34)24-16-39-28(32-24)18-6-4-8-20(14-18)38-26-22(30)15-23-21(11-12-31-23)27(26)40(2,36)37/h3-8,11-16,31,35H,9-10H2,1-2H3,(H,33,34). The summed E-state index contributed by atoms with van der Waals surface area (Å²) in [5, 5.41) is 23.0. The number of carbonyl (C=O) groups is 1. The first-order chi connectivity index (χ1) is 18.9. The van der Waals surface area contributed by atoms with Crippen LogP contribution in [0.3, 0.4) is 0 Å². The number of halogens is 1. The summed E-state index contributed by atoms with van der Waals surface area (Å²) in [4.78, 5) is 18.2. The average molecular weight is 581 g/mol. The number of ether oxygens (including phenoxy) is 1. The van der Waals surface area contributed by atoms with Gasteiger partial charge in [0, 0.05) is 46.8 Å². The Morgan fingerprint density at radius 1 is 1.15 bits per heavy atom. The zero-order valence-corrected chi connectivity index (χ0v) is 23.1. The molecule has 0 bridgehead atoms. The number of aliphatic carboxylic acids is 1. The molecule has 40 heavy (non-hydrogen) atoms. The molecule has 0 spiro atoms. The zero-order chi connectivity index (χ0) is 28.7. The lowest BCUT2D eigenvalue weighted by Crippen LogP contribution is -2.23. The van der Waals surface area contributed by atoms with Gasteiger partial charge < -0.3 is 19.9 Å². The number of thiazole rings is 1. The van der Waals surface area contributed by atoms with Crippen molar-refractivity contribution in [3.8, 4) is 22.1 Å². The van der Waals surface area contributed by atoms with Gasteiger partial charge in [-0.3, -0.25) is 4.79 Å². The van der Waals surface area contributed by atoms with Crippen molar-refractivity contribution >= 4 is 38.0 Å². The van der Waals surface area contributed by atoms with E-state index in [4.69, 9.17) is 9.84 Å². The Labute approximate surface area is 233 Å². The van der Waals surface area contributed by atoms with E-state index in [2.05, 4.69) is 9.97 Å². The molecule has 5 rings (SSSR count). The van der Waals surface area contributed by atoms with Gasteiger partial charge in [-0.2, -0.15) is 0 Å². The first kappa shape index (κ1) is 27.5. The molecule has 1 atom stereocenters. The molecule has 3 N–H and O–H groups in total. The third kappa shape index (κ3) is 5.48. The van der Waals surface area contributed by atoms with Crippen LogP contribution in [0.5, 0.6) is 11.5 Å². The van der Waals surface area contributed by atoms with E-state index in [-0.39, 0.29) is 17.1 Å². The van der Waals surface area contributed by atoms with Crippen LogP contribution in [0.2, 0.25) is 0 Å². The molecule has 11 heteroatoms. The van der Waals surface area contributed by atoms with Crippen LogP contribution in [0.25, 0.3) is 21.5 Å². The molecule has 0 saturated heterocycles. The zero-order valence-electron chi connectivity index (χ0n) is 21.5. The van der Waals surface area contributed by atoms with Crippen molar-refractivity contribution in [3.63, 3.8) is 0 Å². The molecule has 2 heterocycles. The fourth-order valence-electron chi connectivity index (χ4n) is 4.46. The molecule has 206 valence electrons. The lowest BCUT2D eigenvalue weighted by atomic mass is 9.91. The smallest absolute Gasteiger partial charge is 0.303 e. The number of nitrogens with zero attached hydrogens (tertiary/aromatic N) is 1. The summed E-state index contributed by atoms with van der Waals surface area (Å²) in [5.74, 6) is -1.89. The number of sulfone groups is 1. The van der Waals surface area contributed by atoms with Crippen LogP contribution in [-0.4, -0.2) is 40.8 Å². The molecule has 0 fully saturated rings. The molecular formula is C29H25FN2O6S2. The fraction of sp³-hybridized carbons (Fsp3) is 0.172. The number of nitrogens with one attached hydrogen (secondary N) is 1. The Balaban J connectivity index is 1.45. The highest BCUT2D eigenvalue weighted by Gasteiger charge is 2.29. The number of fused-ring (bicyclic) bond motifs is 1. The van der Waals surface area contributed by atoms with Gasteiger partial charge >= 0.3 is 5.97 Å². The number of carboxylic acid groups (broad SMARTS) is 1. The topological polar surface area (TPSA) is 130 Å². The number of aliphatic hydroxyl groups is 1. The summed E-state index contributed by atoms with van der Waals surface area (Å²) in [6.45, 7) is 1.62. The fourth-order valence-corrected chi connectivity index (χ4v) is 6.43. The number of hydrogen-bond acceptors (Lipinski definition) is 7. The highest BCUT2D eigenvalue weighted by Crippen LogP contribution is 2.39. The van der Waals surface area contributed by atoms with E-state index in [1.54, 1.807) is 60.8 Å². The monoisotopic (exact) mass is 580 g/mol. The molecule has 0 aliphatic heterocycles. The van der Waals surface area contributed by atoms with Crippen molar-refractivity contribution in [2.24, 2.45) is 0 Å². The van der Waals surface area contributed by atoms with Gasteiger partial charge in [0.15, 0.2) is 21.4 Å². The van der Waals surface area contributed by atoms with Crippen LogP contribution in [0, 0.1) is 5.82 Å². The van der Waals surface area contributed by atoms with E-state index < -0.39 is 33.0 Å². The number of rotatable bonds is 9.